The smallest absolute Gasteiger partial charge is 0.465 e. The molecule has 122 valence electrons. The van der Waals surface area contributed by atoms with E-state index in [4.69, 9.17) is 24.5 Å². The van der Waals surface area contributed by atoms with Gasteiger partial charge in [-0.3, -0.25) is 5.32 Å². The molecule has 8 N–H and O–H groups in total. The number of hydrogen-bond donors (Lipinski definition) is 8. The number of aromatic amines is 1. The molecule has 0 spiro atoms. The summed E-state index contributed by atoms with van der Waals surface area (Å²) in [7, 11) is -4.91. The molecule has 0 aromatic carbocycles. The fraction of sp³-hybridized carbons (Fsp3) is 0.444. The molecule has 1 fully saturated rings. The van der Waals surface area contributed by atoms with Gasteiger partial charge >= 0.3 is 19.6 Å². The molecule has 1 aromatic rings. The second-order valence-corrected chi connectivity index (χ2v) is 6.05. The summed E-state index contributed by atoms with van der Waals surface area (Å²) in [6, 6.07) is 0. The van der Waals surface area contributed by atoms with Crippen LogP contribution < -0.4 is 5.32 Å². The van der Waals surface area contributed by atoms with Gasteiger partial charge in [0.05, 0.1) is 6.20 Å². The second kappa shape index (κ2) is 5.85. The lowest BCUT2D eigenvalue weighted by atomic mass is 10.1. The Balaban J connectivity index is 2.18. The van der Waals surface area contributed by atoms with E-state index in [-0.39, 0.29) is 11.6 Å². The number of imidazole rings is 1. The molecule has 1 aliphatic heterocycles. The Morgan fingerprint density at radius 2 is 1.91 bits per heavy atom. The number of aliphatic hydroxyl groups is 2. The number of carbonyl (C=O) groups excluding carboxylic acids is 1. The number of hydrogen-bond acceptors (Lipinski definition) is 9. The third-order valence-electron chi connectivity index (χ3n) is 2.91. The first kappa shape index (κ1) is 16.7. The Morgan fingerprint density at radius 3 is 2.45 bits per heavy atom. The second-order valence-electron chi connectivity index (χ2n) is 4.48. The van der Waals surface area contributed by atoms with E-state index >= 15 is 0 Å². The predicted molar refractivity (Wildman–Crippen MR) is 68.4 cm³/mol. The normalized spacial score (nSPS) is 28.6. The van der Waals surface area contributed by atoms with E-state index in [0.29, 0.717) is 0 Å². The van der Waals surface area contributed by atoms with Crippen molar-refractivity contribution in [2.24, 2.45) is 0 Å². The number of carbonyl (C=O) groups is 2. The summed E-state index contributed by atoms with van der Waals surface area (Å²) < 4.78 is 5.01. The highest BCUT2D eigenvalue weighted by Gasteiger charge is 2.58. The van der Waals surface area contributed by atoms with Gasteiger partial charge in [0.1, 0.15) is 30.0 Å². The first-order valence-electron chi connectivity index (χ1n) is 5.79. The molecule has 4 atom stereocenters. The van der Waals surface area contributed by atoms with Crippen molar-refractivity contribution in [3.05, 3.63) is 12.0 Å². The van der Waals surface area contributed by atoms with Crippen LogP contribution in [0.2, 0.25) is 0 Å². The van der Waals surface area contributed by atoms with E-state index in [1.165, 1.54) is 0 Å². The summed E-state index contributed by atoms with van der Waals surface area (Å²) in [5, 5.41) is 30.0. The highest BCUT2D eigenvalue weighted by atomic mass is 31.2. The summed E-state index contributed by atoms with van der Waals surface area (Å²) in [5.74, 6) is -0.153. The Morgan fingerprint density at radius 1 is 1.27 bits per heavy atom. The number of rotatable bonds is 4. The quantitative estimate of drug-likeness (QED) is 0.281. The van der Waals surface area contributed by atoms with Gasteiger partial charge in [0.25, 0.3) is 0 Å². The van der Waals surface area contributed by atoms with E-state index in [9.17, 15) is 19.8 Å². The van der Waals surface area contributed by atoms with Crippen LogP contribution in [-0.4, -0.2) is 69.9 Å². The molecule has 2 heterocycles. The number of nitrogens with zero attached hydrogens (tertiary/aromatic N) is 1. The molecule has 13 heteroatoms. The van der Waals surface area contributed by atoms with Gasteiger partial charge in [-0.1, -0.05) is 0 Å². The van der Waals surface area contributed by atoms with Crippen molar-refractivity contribution < 1.29 is 44.3 Å². The van der Waals surface area contributed by atoms with Crippen LogP contribution in [0.25, 0.3) is 0 Å². The first-order chi connectivity index (χ1) is 10.1. The van der Waals surface area contributed by atoms with Crippen LogP contribution in [0.15, 0.2) is 6.20 Å². The summed E-state index contributed by atoms with van der Waals surface area (Å²) >= 11 is 0. The average molecular weight is 338 g/mol. The number of ether oxygens (including phenoxy) is 1. The number of H-pyrrole nitrogens is 1. The molecule has 0 bridgehead atoms. The zero-order chi connectivity index (χ0) is 16.7. The van der Waals surface area contributed by atoms with Crippen molar-refractivity contribution in [1.82, 2.24) is 9.97 Å². The Labute approximate surface area is 122 Å². The molecule has 22 heavy (non-hydrogen) atoms. The average Bonchev–Trinajstić information content (AvgIpc) is 2.94. The number of anilines is 1. The van der Waals surface area contributed by atoms with Crippen LogP contribution in [0.4, 0.5) is 10.6 Å². The molecular formula is C9H13N3O9P+. The van der Waals surface area contributed by atoms with Gasteiger partial charge in [0.2, 0.25) is 0 Å². The van der Waals surface area contributed by atoms with E-state index in [2.05, 4.69) is 9.97 Å². The van der Waals surface area contributed by atoms with Crippen LogP contribution in [0, 0.1) is 0 Å². The van der Waals surface area contributed by atoms with Gasteiger partial charge in [-0.2, -0.15) is 14.7 Å². The standard InChI is InChI=1S/C9H12N3O9P/c13-3-4(14)6(8(15)22(18,19)20)21-5(3)7-10-1-2(11-7)12-9(16)17/h1,3-6,12-14,18-20H,(H-,10,11,16,17)/p+1/t3-,4+,5?,6+/m1/s1. The van der Waals surface area contributed by atoms with Crippen LogP contribution >= 0.6 is 7.94 Å². The number of amides is 1. The zero-order valence-electron chi connectivity index (χ0n) is 10.7. The van der Waals surface area contributed by atoms with Crippen LogP contribution in [-0.2, 0) is 9.53 Å². The van der Waals surface area contributed by atoms with E-state index in [0.717, 1.165) is 6.20 Å². The van der Waals surface area contributed by atoms with Crippen molar-refractivity contribution in [3.8, 4) is 0 Å². The van der Waals surface area contributed by atoms with Crippen molar-refractivity contribution >= 4 is 25.4 Å². The number of aromatic nitrogens is 2. The van der Waals surface area contributed by atoms with Crippen molar-refractivity contribution in [3.63, 3.8) is 0 Å². The summed E-state index contributed by atoms with van der Waals surface area (Å²) in [6.45, 7) is 0. The zero-order valence-corrected chi connectivity index (χ0v) is 11.6. The molecule has 0 aliphatic carbocycles. The summed E-state index contributed by atoms with van der Waals surface area (Å²) in [4.78, 5) is 54.9. The fourth-order valence-electron chi connectivity index (χ4n) is 1.94. The lowest BCUT2D eigenvalue weighted by Crippen LogP contribution is -2.36. The Bertz CT molecular complexity index is 585. The monoisotopic (exact) mass is 338 g/mol. The topological polar surface area (TPSA) is 205 Å². The maximum atomic E-state index is 11.5. The summed E-state index contributed by atoms with van der Waals surface area (Å²) in [6.07, 6.45) is -7.02. The van der Waals surface area contributed by atoms with Gasteiger partial charge in [0, 0.05) is 0 Å². The molecule has 1 amide bonds. The lowest BCUT2D eigenvalue weighted by molar-refractivity contribution is -0.128. The van der Waals surface area contributed by atoms with E-state index in [1.807, 2.05) is 5.32 Å². The third kappa shape index (κ3) is 3.23. The predicted octanol–water partition coefficient (Wildman–Crippen LogP) is -2.07. The first-order valence-corrected chi connectivity index (χ1v) is 7.44. The number of carboxylic acid groups (broad SMARTS) is 1. The molecule has 1 aliphatic rings. The molecule has 1 aromatic heterocycles. The molecule has 12 nitrogen and oxygen atoms in total. The highest BCUT2D eigenvalue weighted by molar-refractivity contribution is 7.76. The van der Waals surface area contributed by atoms with Crippen LogP contribution in [0.1, 0.15) is 11.9 Å². The largest absolute Gasteiger partial charge is 0.481 e. The minimum atomic E-state index is -4.91. The highest BCUT2D eigenvalue weighted by Crippen LogP contribution is 2.49. The van der Waals surface area contributed by atoms with Gasteiger partial charge in [0.15, 0.2) is 6.10 Å². The molecule has 1 saturated heterocycles. The third-order valence-corrected chi connectivity index (χ3v) is 3.75. The number of aliphatic hydroxyl groups excluding tert-OH is 2. The van der Waals surface area contributed by atoms with Gasteiger partial charge in [-0.25, -0.2) is 14.6 Å². The molecule has 0 radical (unpaired) electrons. The van der Waals surface area contributed by atoms with Gasteiger partial charge in [-0.15, -0.1) is 0 Å². The maximum Gasteiger partial charge on any atom is 0.481 e. The maximum absolute atomic E-state index is 11.5. The molecular weight excluding hydrogens is 325 g/mol. The fourth-order valence-corrected chi connectivity index (χ4v) is 2.49. The Hall–Kier alpha value is -1.66. The lowest BCUT2D eigenvalue weighted by Gasteiger charge is -2.11. The minimum Gasteiger partial charge on any atom is -0.465 e. The van der Waals surface area contributed by atoms with Crippen molar-refractivity contribution in [2.75, 3.05) is 5.32 Å². The molecule has 0 saturated carbocycles. The molecule has 2 rings (SSSR count). The van der Waals surface area contributed by atoms with Crippen LogP contribution in [0.5, 0.6) is 0 Å². The van der Waals surface area contributed by atoms with Crippen molar-refractivity contribution in [1.29, 1.82) is 0 Å². The van der Waals surface area contributed by atoms with Gasteiger partial charge in [-0.05, 0) is 0 Å². The Kier molecular flexibility index (Phi) is 4.44. The van der Waals surface area contributed by atoms with E-state index < -0.39 is 44.0 Å². The summed E-state index contributed by atoms with van der Waals surface area (Å²) in [5.41, 5.74) is -1.56. The van der Waals surface area contributed by atoms with Crippen molar-refractivity contribution in [2.45, 2.75) is 24.4 Å². The minimum absolute atomic E-state index is 0.0455. The molecule has 1 unspecified atom stereocenters. The van der Waals surface area contributed by atoms with E-state index in [1.54, 1.807) is 0 Å². The SMILES string of the molecule is O=C(O)Nc1cnc(C2O[C@H](C(=O)[P+](O)(O)O)[C@@H](O)[C@H]2O)[nH]1. The van der Waals surface area contributed by atoms with Crippen LogP contribution in [0.3, 0.4) is 0 Å². The number of nitrogens with one attached hydrogen (secondary N) is 2. The van der Waals surface area contributed by atoms with Gasteiger partial charge < -0.3 is 25.0 Å².